The van der Waals surface area contributed by atoms with Crippen LogP contribution in [0.4, 0.5) is 0 Å². The average Bonchev–Trinajstić information content (AvgIpc) is 2.40. The average molecular weight is 144 g/mol. The van der Waals surface area contributed by atoms with E-state index in [1.807, 2.05) is 0 Å². The van der Waals surface area contributed by atoms with Crippen molar-refractivity contribution < 1.29 is 10.2 Å². The quantitative estimate of drug-likeness (QED) is 0.599. The van der Waals surface area contributed by atoms with E-state index in [-0.39, 0.29) is 6.61 Å². The Balaban J connectivity index is 2.11. The molecular formula is C7H14NO2. The Bertz CT molecular complexity index is 91.6. The molecule has 1 aliphatic rings. The van der Waals surface area contributed by atoms with Gasteiger partial charge < -0.3 is 10.0 Å². The largest absolute Gasteiger partial charge is 0.389 e. The van der Waals surface area contributed by atoms with Crippen molar-refractivity contribution in [2.45, 2.75) is 18.9 Å². The third-order valence-corrected chi connectivity index (χ3v) is 1.86. The first-order chi connectivity index (χ1) is 4.83. The van der Waals surface area contributed by atoms with Crippen molar-refractivity contribution in [2.75, 3.05) is 26.2 Å². The highest BCUT2D eigenvalue weighted by Gasteiger charge is 2.14. The third-order valence-electron chi connectivity index (χ3n) is 1.86. The van der Waals surface area contributed by atoms with Crippen LogP contribution in [-0.2, 0) is 5.11 Å². The lowest BCUT2D eigenvalue weighted by Gasteiger charge is -2.16. The number of rotatable bonds is 3. The molecule has 1 N–H and O–H groups in total. The lowest BCUT2D eigenvalue weighted by molar-refractivity contribution is 0.0345. The smallest absolute Gasteiger partial charge is 0.109 e. The third kappa shape index (κ3) is 2.25. The molecule has 0 spiro atoms. The van der Waals surface area contributed by atoms with Crippen LogP contribution in [0, 0.1) is 0 Å². The maximum atomic E-state index is 10.1. The van der Waals surface area contributed by atoms with Gasteiger partial charge in [0.2, 0.25) is 0 Å². The van der Waals surface area contributed by atoms with Crippen molar-refractivity contribution in [3.8, 4) is 0 Å². The highest BCUT2D eigenvalue weighted by atomic mass is 16.3. The normalized spacial score (nSPS) is 23.4. The molecule has 0 saturated carbocycles. The number of hydrogen-bond acceptors (Lipinski definition) is 2. The summed E-state index contributed by atoms with van der Waals surface area (Å²) in [6, 6.07) is 0. The molecule has 1 atom stereocenters. The Morgan fingerprint density at radius 3 is 2.50 bits per heavy atom. The molecule has 1 saturated heterocycles. The summed E-state index contributed by atoms with van der Waals surface area (Å²) in [7, 11) is 0. The van der Waals surface area contributed by atoms with Gasteiger partial charge in [0.15, 0.2) is 0 Å². The lowest BCUT2D eigenvalue weighted by Crippen LogP contribution is -2.31. The maximum Gasteiger partial charge on any atom is 0.109 e. The van der Waals surface area contributed by atoms with Crippen molar-refractivity contribution in [3.63, 3.8) is 0 Å². The van der Waals surface area contributed by atoms with Gasteiger partial charge in [0.05, 0.1) is 6.10 Å². The molecular weight excluding hydrogens is 130 g/mol. The monoisotopic (exact) mass is 144 g/mol. The molecule has 0 aromatic carbocycles. The Morgan fingerprint density at radius 2 is 2.00 bits per heavy atom. The van der Waals surface area contributed by atoms with Gasteiger partial charge in [0.1, 0.15) is 6.61 Å². The van der Waals surface area contributed by atoms with Crippen LogP contribution < -0.4 is 0 Å². The minimum absolute atomic E-state index is 0.365. The van der Waals surface area contributed by atoms with Crippen LogP contribution in [0.25, 0.3) is 0 Å². The SMILES string of the molecule is [O]C[C@@H](O)CN1CCCC1. The molecule has 1 heterocycles. The minimum Gasteiger partial charge on any atom is -0.389 e. The van der Waals surface area contributed by atoms with E-state index in [1.54, 1.807) is 0 Å². The van der Waals surface area contributed by atoms with Crippen LogP contribution in [-0.4, -0.2) is 42.4 Å². The lowest BCUT2D eigenvalue weighted by atomic mass is 10.3. The van der Waals surface area contributed by atoms with Crippen LogP contribution in [0.15, 0.2) is 0 Å². The number of aliphatic hydroxyl groups is 1. The van der Waals surface area contributed by atoms with Gasteiger partial charge in [0.25, 0.3) is 0 Å². The maximum absolute atomic E-state index is 10.1. The first-order valence-corrected chi connectivity index (χ1v) is 3.81. The predicted molar refractivity (Wildman–Crippen MR) is 37.2 cm³/mol. The Kier molecular flexibility index (Phi) is 3.12. The molecule has 0 aromatic heterocycles. The Hall–Kier alpha value is -0.120. The van der Waals surface area contributed by atoms with Crippen molar-refractivity contribution in [1.29, 1.82) is 0 Å². The molecule has 0 bridgehead atoms. The van der Waals surface area contributed by atoms with E-state index in [1.165, 1.54) is 12.8 Å². The molecule has 1 fully saturated rings. The van der Waals surface area contributed by atoms with E-state index in [4.69, 9.17) is 5.11 Å². The van der Waals surface area contributed by atoms with E-state index in [2.05, 4.69) is 4.90 Å². The first-order valence-electron chi connectivity index (χ1n) is 3.81. The molecule has 1 aliphatic heterocycles. The van der Waals surface area contributed by atoms with E-state index < -0.39 is 6.10 Å². The molecule has 1 radical (unpaired) electrons. The molecule has 3 heteroatoms. The number of likely N-dealkylation sites (tertiary alicyclic amines) is 1. The van der Waals surface area contributed by atoms with Gasteiger partial charge in [-0.3, -0.25) is 0 Å². The van der Waals surface area contributed by atoms with Gasteiger partial charge >= 0.3 is 0 Å². The fourth-order valence-electron chi connectivity index (χ4n) is 1.32. The van der Waals surface area contributed by atoms with Crippen molar-refractivity contribution in [2.24, 2.45) is 0 Å². The van der Waals surface area contributed by atoms with Gasteiger partial charge in [0, 0.05) is 6.54 Å². The predicted octanol–water partition coefficient (Wildman–Crippen LogP) is -0.126. The van der Waals surface area contributed by atoms with Gasteiger partial charge in [-0.2, -0.15) is 0 Å². The molecule has 0 aliphatic carbocycles. The second kappa shape index (κ2) is 3.91. The zero-order valence-electron chi connectivity index (χ0n) is 6.12. The van der Waals surface area contributed by atoms with Crippen LogP contribution in [0.3, 0.4) is 0 Å². The molecule has 59 valence electrons. The summed E-state index contributed by atoms with van der Waals surface area (Å²) < 4.78 is 0. The summed E-state index contributed by atoms with van der Waals surface area (Å²) in [5, 5.41) is 19.1. The number of aliphatic hydroxyl groups excluding tert-OH is 1. The van der Waals surface area contributed by atoms with Gasteiger partial charge in [-0.05, 0) is 25.9 Å². The van der Waals surface area contributed by atoms with Crippen molar-refractivity contribution >= 4 is 0 Å². The first kappa shape index (κ1) is 7.98. The zero-order valence-corrected chi connectivity index (χ0v) is 6.12. The minimum atomic E-state index is -0.655. The second-order valence-electron chi connectivity index (χ2n) is 2.83. The zero-order chi connectivity index (χ0) is 7.40. The molecule has 0 unspecified atom stereocenters. The van der Waals surface area contributed by atoms with Gasteiger partial charge in [-0.1, -0.05) is 0 Å². The van der Waals surface area contributed by atoms with Crippen LogP contribution in [0.2, 0.25) is 0 Å². The topological polar surface area (TPSA) is 43.4 Å². The van der Waals surface area contributed by atoms with Crippen molar-refractivity contribution in [1.82, 2.24) is 4.90 Å². The fourth-order valence-corrected chi connectivity index (χ4v) is 1.32. The summed E-state index contributed by atoms with van der Waals surface area (Å²) in [5.41, 5.74) is 0. The second-order valence-corrected chi connectivity index (χ2v) is 2.83. The molecule has 0 amide bonds. The highest BCUT2D eigenvalue weighted by Crippen LogP contribution is 2.07. The Morgan fingerprint density at radius 1 is 1.40 bits per heavy atom. The summed E-state index contributed by atoms with van der Waals surface area (Å²) >= 11 is 0. The number of nitrogens with zero attached hydrogens (tertiary/aromatic N) is 1. The fraction of sp³-hybridized carbons (Fsp3) is 1.00. The summed E-state index contributed by atoms with van der Waals surface area (Å²) in [4.78, 5) is 2.14. The standard InChI is InChI=1S/C7H14NO2/c9-6-7(10)5-8-3-1-2-4-8/h7,10H,1-6H2/t7-/m0/s1. The van der Waals surface area contributed by atoms with Crippen LogP contribution >= 0.6 is 0 Å². The van der Waals surface area contributed by atoms with E-state index in [0.29, 0.717) is 6.54 Å². The van der Waals surface area contributed by atoms with E-state index in [0.717, 1.165) is 13.1 Å². The van der Waals surface area contributed by atoms with Crippen molar-refractivity contribution in [3.05, 3.63) is 0 Å². The van der Waals surface area contributed by atoms with E-state index >= 15 is 0 Å². The van der Waals surface area contributed by atoms with Gasteiger partial charge in [-0.15, -0.1) is 0 Å². The molecule has 0 aromatic rings. The van der Waals surface area contributed by atoms with Crippen LogP contribution in [0.5, 0.6) is 0 Å². The van der Waals surface area contributed by atoms with Gasteiger partial charge in [-0.25, -0.2) is 5.11 Å². The summed E-state index contributed by atoms with van der Waals surface area (Å²) in [5.74, 6) is 0. The molecule has 1 rings (SSSR count). The summed E-state index contributed by atoms with van der Waals surface area (Å²) in [6.45, 7) is 2.31. The molecule has 10 heavy (non-hydrogen) atoms. The van der Waals surface area contributed by atoms with E-state index in [9.17, 15) is 5.11 Å². The Labute approximate surface area is 61.3 Å². The van der Waals surface area contributed by atoms with Crippen LogP contribution in [0.1, 0.15) is 12.8 Å². The highest BCUT2D eigenvalue weighted by molar-refractivity contribution is 4.69. The number of hydrogen-bond donors (Lipinski definition) is 1. The molecule has 3 nitrogen and oxygen atoms in total. The summed E-state index contributed by atoms with van der Waals surface area (Å²) in [6.07, 6.45) is 1.77. The number of β-amino-alcohol motifs (C(OH)–C–C–N with tert-alkyl or cyclic N) is 1.